The SMILES string of the molecule is COC(=O)C(=O)C(F)(F)F.COC(=O)C(=O)C(F)(F)F. The predicted molar refractivity (Wildman–Crippen MR) is 46.2 cm³/mol. The first-order valence-electron chi connectivity index (χ1n) is 4.18. The van der Waals surface area contributed by atoms with Crippen LogP contribution in [0.2, 0.25) is 0 Å². The molecule has 0 unspecified atom stereocenters. The molecule has 0 aromatic heterocycles. The van der Waals surface area contributed by atoms with Gasteiger partial charge in [-0.25, -0.2) is 9.59 Å². The number of carbonyl (C=O) groups excluding carboxylic acids is 4. The number of ketones is 2. The molecule has 12 heteroatoms. The van der Waals surface area contributed by atoms with Crippen molar-refractivity contribution in [1.29, 1.82) is 0 Å². The van der Waals surface area contributed by atoms with Crippen LogP contribution >= 0.6 is 0 Å². The molecule has 6 nitrogen and oxygen atoms in total. The third-order valence-corrected chi connectivity index (χ3v) is 1.26. The number of alkyl halides is 6. The molecular formula is C8H6F6O6. The number of hydrogen-bond acceptors (Lipinski definition) is 6. The quantitative estimate of drug-likeness (QED) is 0.421. The summed E-state index contributed by atoms with van der Waals surface area (Å²) >= 11 is 0. The van der Waals surface area contributed by atoms with Gasteiger partial charge in [0.15, 0.2) is 0 Å². The fourth-order valence-electron chi connectivity index (χ4n) is 0.417. The Kier molecular flexibility index (Phi) is 7.52. The second-order valence-corrected chi connectivity index (χ2v) is 2.64. The van der Waals surface area contributed by atoms with Gasteiger partial charge in [-0.2, -0.15) is 26.3 Å². The van der Waals surface area contributed by atoms with Crippen LogP contribution in [0.15, 0.2) is 0 Å². The minimum Gasteiger partial charge on any atom is -0.463 e. The smallest absolute Gasteiger partial charge is 0.461 e. The van der Waals surface area contributed by atoms with Crippen molar-refractivity contribution < 1.29 is 55.0 Å². The van der Waals surface area contributed by atoms with Gasteiger partial charge in [-0.15, -0.1) is 0 Å². The topological polar surface area (TPSA) is 86.7 Å². The summed E-state index contributed by atoms with van der Waals surface area (Å²) in [5, 5.41) is 0. The average Bonchev–Trinajstić information content (AvgIpc) is 2.33. The van der Waals surface area contributed by atoms with Crippen LogP contribution in [0.1, 0.15) is 0 Å². The number of rotatable bonds is 2. The van der Waals surface area contributed by atoms with E-state index in [2.05, 4.69) is 9.47 Å². The van der Waals surface area contributed by atoms with Crippen LogP contribution in [0.3, 0.4) is 0 Å². The molecule has 0 saturated carbocycles. The van der Waals surface area contributed by atoms with Gasteiger partial charge in [0.1, 0.15) is 0 Å². The molecule has 0 N–H and O–H groups in total. The van der Waals surface area contributed by atoms with Crippen molar-refractivity contribution in [2.24, 2.45) is 0 Å². The standard InChI is InChI=1S/2C4H3F3O3/c2*1-10-3(9)2(8)4(5,6)7/h2*1H3. The Morgan fingerprint density at radius 2 is 0.850 bits per heavy atom. The van der Waals surface area contributed by atoms with E-state index in [1.807, 2.05) is 0 Å². The second-order valence-electron chi connectivity index (χ2n) is 2.64. The van der Waals surface area contributed by atoms with Crippen molar-refractivity contribution in [3.05, 3.63) is 0 Å². The summed E-state index contributed by atoms with van der Waals surface area (Å²) in [6.07, 6.45) is -10.3. The molecule has 116 valence electrons. The molecule has 0 saturated heterocycles. The number of hydrogen-bond donors (Lipinski definition) is 0. The van der Waals surface area contributed by atoms with Gasteiger partial charge in [0.25, 0.3) is 0 Å². The minimum absolute atomic E-state index is 0.700. The average molecular weight is 312 g/mol. The molecule has 0 rings (SSSR count). The molecule has 0 aliphatic carbocycles. The van der Waals surface area contributed by atoms with Crippen LogP contribution in [0.5, 0.6) is 0 Å². The summed E-state index contributed by atoms with van der Waals surface area (Å²) in [5.74, 6) is -8.77. The van der Waals surface area contributed by atoms with Crippen molar-refractivity contribution in [2.45, 2.75) is 12.4 Å². The first kappa shape index (κ1) is 20.2. The second kappa shape index (κ2) is 7.45. The molecule has 0 radical (unpaired) electrons. The zero-order chi connectivity index (χ0) is 16.7. The number of ether oxygens (including phenoxy) is 2. The van der Waals surface area contributed by atoms with Gasteiger partial charge in [-0.3, -0.25) is 9.59 Å². The third kappa shape index (κ3) is 7.33. The Morgan fingerprint density at radius 1 is 0.650 bits per heavy atom. The van der Waals surface area contributed by atoms with E-state index < -0.39 is 35.9 Å². The molecular weight excluding hydrogens is 306 g/mol. The minimum atomic E-state index is -5.13. The summed E-state index contributed by atoms with van der Waals surface area (Å²) in [7, 11) is 1.40. The molecule has 0 aliphatic rings. The lowest BCUT2D eigenvalue weighted by molar-refractivity contribution is -0.182. The number of halogens is 6. The Labute approximate surface area is 106 Å². The van der Waals surface area contributed by atoms with Crippen LogP contribution in [-0.2, 0) is 28.7 Å². The normalized spacial score (nSPS) is 10.8. The molecule has 0 bridgehead atoms. The van der Waals surface area contributed by atoms with Gasteiger partial charge < -0.3 is 9.47 Å². The molecule has 0 amide bonds. The predicted octanol–water partition coefficient (Wildman–Crippen LogP) is 0.582. The van der Waals surface area contributed by atoms with Crippen LogP contribution < -0.4 is 0 Å². The zero-order valence-electron chi connectivity index (χ0n) is 9.72. The molecule has 0 aromatic carbocycles. The van der Waals surface area contributed by atoms with E-state index >= 15 is 0 Å². The van der Waals surface area contributed by atoms with Gasteiger partial charge >= 0.3 is 35.9 Å². The molecule has 0 aromatic rings. The zero-order valence-corrected chi connectivity index (χ0v) is 9.72. The first-order chi connectivity index (χ1) is 8.78. The fourth-order valence-corrected chi connectivity index (χ4v) is 0.417. The first-order valence-corrected chi connectivity index (χ1v) is 4.18. The highest BCUT2D eigenvalue weighted by Gasteiger charge is 2.45. The molecule has 0 spiro atoms. The number of esters is 2. The highest BCUT2D eigenvalue weighted by Crippen LogP contribution is 2.16. The van der Waals surface area contributed by atoms with Crippen molar-refractivity contribution >= 4 is 23.5 Å². The van der Waals surface area contributed by atoms with E-state index in [-0.39, 0.29) is 0 Å². The van der Waals surface area contributed by atoms with Gasteiger partial charge in [-0.1, -0.05) is 0 Å². The lowest BCUT2D eigenvalue weighted by Gasteiger charge is -2.00. The van der Waals surface area contributed by atoms with Gasteiger partial charge in [0, 0.05) is 0 Å². The molecule has 0 heterocycles. The van der Waals surface area contributed by atoms with Crippen LogP contribution in [0.25, 0.3) is 0 Å². The summed E-state index contributed by atoms with van der Waals surface area (Å²) in [6.45, 7) is 0. The maximum atomic E-state index is 11.2. The van der Waals surface area contributed by atoms with Crippen molar-refractivity contribution in [1.82, 2.24) is 0 Å². The Morgan fingerprint density at radius 3 is 0.900 bits per heavy atom. The Bertz CT molecular complexity index is 357. The van der Waals surface area contributed by atoms with E-state index in [0.717, 1.165) is 0 Å². The van der Waals surface area contributed by atoms with Crippen LogP contribution in [0.4, 0.5) is 26.3 Å². The fraction of sp³-hybridized carbons (Fsp3) is 0.500. The summed E-state index contributed by atoms with van der Waals surface area (Å²) in [6, 6.07) is 0. The lowest BCUT2D eigenvalue weighted by Crippen LogP contribution is -2.31. The molecule has 0 aliphatic heterocycles. The van der Waals surface area contributed by atoms with E-state index in [4.69, 9.17) is 0 Å². The summed E-state index contributed by atoms with van der Waals surface area (Å²) in [4.78, 5) is 39.3. The molecule has 0 atom stereocenters. The van der Waals surface area contributed by atoms with Crippen LogP contribution in [0, 0.1) is 0 Å². The van der Waals surface area contributed by atoms with E-state index in [1.54, 1.807) is 0 Å². The van der Waals surface area contributed by atoms with E-state index in [0.29, 0.717) is 14.2 Å². The highest BCUT2D eigenvalue weighted by molar-refractivity contribution is 6.36. The van der Waals surface area contributed by atoms with Gasteiger partial charge in [0.05, 0.1) is 14.2 Å². The summed E-state index contributed by atoms with van der Waals surface area (Å²) < 4.78 is 74.5. The lowest BCUT2D eigenvalue weighted by atomic mass is 10.4. The number of carbonyl (C=O) groups is 4. The van der Waals surface area contributed by atoms with Crippen molar-refractivity contribution in [3.8, 4) is 0 Å². The summed E-state index contributed by atoms with van der Waals surface area (Å²) in [5.41, 5.74) is 0. The largest absolute Gasteiger partial charge is 0.463 e. The van der Waals surface area contributed by atoms with E-state index in [9.17, 15) is 45.5 Å². The number of Topliss-reactive ketones (excluding diaryl/α,β-unsaturated/α-hetero) is 2. The van der Waals surface area contributed by atoms with E-state index in [1.165, 1.54) is 0 Å². The highest BCUT2D eigenvalue weighted by atomic mass is 19.4. The third-order valence-electron chi connectivity index (χ3n) is 1.26. The van der Waals surface area contributed by atoms with Gasteiger partial charge in [-0.05, 0) is 0 Å². The Hall–Kier alpha value is -2.14. The maximum Gasteiger partial charge on any atom is 0.461 e. The van der Waals surface area contributed by atoms with Crippen molar-refractivity contribution in [3.63, 3.8) is 0 Å². The monoisotopic (exact) mass is 312 g/mol. The van der Waals surface area contributed by atoms with Gasteiger partial charge in [0.2, 0.25) is 0 Å². The molecule has 20 heavy (non-hydrogen) atoms. The molecule has 0 fully saturated rings. The van der Waals surface area contributed by atoms with Crippen LogP contribution in [-0.4, -0.2) is 50.1 Å². The maximum absolute atomic E-state index is 11.2. The van der Waals surface area contributed by atoms with Crippen molar-refractivity contribution in [2.75, 3.05) is 14.2 Å². The number of methoxy groups -OCH3 is 2. The Balaban J connectivity index is 0.